The van der Waals surface area contributed by atoms with E-state index in [2.05, 4.69) is 30.6 Å². The monoisotopic (exact) mass is 377 g/mol. The second-order valence-electron chi connectivity index (χ2n) is 5.98. The fourth-order valence-electron chi connectivity index (χ4n) is 2.43. The molecule has 0 aliphatic heterocycles. The highest BCUT2D eigenvalue weighted by molar-refractivity contribution is 5.97. The molecule has 9 nitrogen and oxygen atoms in total. The molecule has 0 spiro atoms. The van der Waals surface area contributed by atoms with Gasteiger partial charge in [-0.25, -0.2) is 9.97 Å². The van der Waals surface area contributed by atoms with E-state index < -0.39 is 5.91 Å². The second kappa shape index (κ2) is 8.21. The number of aryl methyl sites for hydroxylation is 1. The van der Waals surface area contributed by atoms with Crippen molar-refractivity contribution in [3.63, 3.8) is 0 Å². The summed E-state index contributed by atoms with van der Waals surface area (Å²) < 4.78 is 0. The molecule has 3 aromatic rings. The van der Waals surface area contributed by atoms with Gasteiger partial charge in [0.05, 0.1) is 36.0 Å². The zero-order valence-corrected chi connectivity index (χ0v) is 15.4. The highest BCUT2D eigenvalue weighted by Gasteiger charge is 2.14. The zero-order valence-electron chi connectivity index (χ0n) is 15.4. The molecule has 0 atom stereocenters. The number of hydrogen-bond donors (Lipinski definition) is 3. The van der Waals surface area contributed by atoms with Crippen molar-refractivity contribution in [3.8, 4) is 11.3 Å². The first-order valence-corrected chi connectivity index (χ1v) is 8.48. The summed E-state index contributed by atoms with van der Waals surface area (Å²) in [5.74, 6) is -0.657. The minimum atomic E-state index is -0.431. The molecule has 0 radical (unpaired) electrons. The van der Waals surface area contributed by atoms with Crippen LogP contribution in [0.4, 0.5) is 5.82 Å². The molecule has 0 aliphatic rings. The van der Waals surface area contributed by atoms with Crippen LogP contribution in [-0.4, -0.2) is 38.8 Å². The predicted octanol–water partition coefficient (Wildman–Crippen LogP) is 1.11. The normalized spacial score (nSPS) is 10.4. The lowest BCUT2D eigenvalue weighted by Crippen LogP contribution is -2.23. The number of rotatable bonds is 5. The Hall–Kier alpha value is -3.88. The summed E-state index contributed by atoms with van der Waals surface area (Å²) >= 11 is 0. The molecule has 4 N–H and O–H groups in total. The van der Waals surface area contributed by atoms with Crippen molar-refractivity contribution in [2.45, 2.75) is 13.5 Å². The van der Waals surface area contributed by atoms with Gasteiger partial charge in [-0.05, 0) is 19.1 Å². The van der Waals surface area contributed by atoms with Crippen molar-refractivity contribution in [1.29, 1.82) is 0 Å². The summed E-state index contributed by atoms with van der Waals surface area (Å²) in [5.41, 5.74) is 8.74. The molecule has 28 heavy (non-hydrogen) atoms. The van der Waals surface area contributed by atoms with E-state index in [0.717, 1.165) is 5.69 Å². The Morgan fingerprint density at radius 1 is 1.07 bits per heavy atom. The van der Waals surface area contributed by atoms with Crippen LogP contribution < -0.4 is 16.4 Å². The predicted molar refractivity (Wildman–Crippen MR) is 103 cm³/mol. The van der Waals surface area contributed by atoms with Crippen LogP contribution in [0, 0.1) is 6.92 Å². The summed E-state index contributed by atoms with van der Waals surface area (Å²) in [6.07, 6.45) is 4.73. The van der Waals surface area contributed by atoms with Crippen molar-refractivity contribution in [1.82, 2.24) is 30.6 Å². The van der Waals surface area contributed by atoms with Gasteiger partial charge >= 0.3 is 0 Å². The Morgan fingerprint density at radius 2 is 1.89 bits per heavy atom. The lowest BCUT2D eigenvalue weighted by molar-refractivity contribution is 0.0945. The number of anilines is 1. The summed E-state index contributed by atoms with van der Waals surface area (Å²) in [6.45, 7) is 2.11. The minimum Gasteiger partial charge on any atom is -0.382 e. The van der Waals surface area contributed by atoms with Crippen molar-refractivity contribution in [2.24, 2.45) is 0 Å². The second-order valence-corrected chi connectivity index (χ2v) is 5.98. The number of carbonyl (C=O) groups is 2. The van der Waals surface area contributed by atoms with Crippen molar-refractivity contribution in [2.75, 3.05) is 12.8 Å². The molecule has 2 aromatic heterocycles. The number of nitrogens with one attached hydrogen (secondary N) is 2. The molecule has 9 heteroatoms. The van der Waals surface area contributed by atoms with Crippen molar-refractivity contribution >= 4 is 17.6 Å². The lowest BCUT2D eigenvalue weighted by Gasteiger charge is -2.08. The van der Waals surface area contributed by atoms with Crippen LogP contribution in [0.5, 0.6) is 0 Å². The quantitative estimate of drug-likeness (QED) is 0.606. The highest BCUT2D eigenvalue weighted by atomic mass is 16.2. The average Bonchev–Trinajstić information content (AvgIpc) is 2.73. The SMILES string of the molecule is CNC(=O)c1nc(-c2cccc(C(=O)NCc3cnc(C)cn3)c2)cnc1N. The standard InChI is InChI=1S/C19H19N7O2/c1-11-7-23-14(8-22-11)9-25-18(27)13-5-3-4-12(6-13)15-10-24-17(20)16(26-15)19(28)21-2/h3-8,10H,9H2,1-2H3,(H2,20,24)(H,21,28)(H,25,27). The van der Waals surface area contributed by atoms with Gasteiger partial charge < -0.3 is 16.4 Å². The molecule has 0 unspecified atom stereocenters. The molecular weight excluding hydrogens is 358 g/mol. The van der Waals surface area contributed by atoms with E-state index in [0.29, 0.717) is 22.5 Å². The van der Waals surface area contributed by atoms with Gasteiger partial charge in [-0.15, -0.1) is 0 Å². The Kier molecular flexibility index (Phi) is 5.54. The largest absolute Gasteiger partial charge is 0.382 e. The van der Waals surface area contributed by atoms with E-state index >= 15 is 0 Å². The van der Waals surface area contributed by atoms with Gasteiger partial charge in [-0.2, -0.15) is 0 Å². The van der Waals surface area contributed by atoms with E-state index in [1.54, 1.807) is 36.7 Å². The lowest BCUT2D eigenvalue weighted by atomic mass is 10.1. The molecule has 0 fully saturated rings. The molecule has 1 aromatic carbocycles. The average molecular weight is 377 g/mol. The maximum Gasteiger partial charge on any atom is 0.273 e. The molecule has 3 rings (SSSR count). The van der Waals surface area contributed by atoms with Crippen LogP contribution >= 0.6 is 0 Å². The smallest absolute Gasteiger partial charge is 0.273 e. The van der Waals surface area contributed by atoms with Crippen molar-refractivity contribution in [3.05, 3.63) is 65.5 Å². The maximum absolute atomic E-state index is 12.5. The van der Waals surface area contributed by atoms with E-state index in [4.69, 9.17) is 5.73 Å². The van der Waals surface area contributed by atoms with Crippen molar-refractivity contribution < 1.29 is 9.59 Å². The maximum atomic E-state index is 12.5. The minimum absolute atomic E-state index is 0.0350. The number of amides is 2. The molecular formula is C19H19N7O2. The fourth-order valence-corrected chi connectivity index (χ4v) is 2.43. The third-order valence-corrected chi connectivity index (χ3v) is 3.93. The molecule has 0 aliphatic carbocycles. The Labute approximate surface area is 161 Å². The van der Waals surface area contributed by atoms with Crippen LogP contribution in [0.25, 0.3) is 11.3 Å². The molecule has 142 valence electrons. The van der Waals surface area contributed by atoms with Crippen LogP contribution in [0.3, 0.4) is 0 Å². The Balaban J connectivity index is 1.79. The Bertz CT molecular complexity index is 1020. The molecule has 0 saturated carbocycles. The summed E-state index contributed by atoms with van der Waals surface area (Å²) in [6, 6.07) is 6.86. The number of aromatic nitrogens is 4. The fraction of sp³-hybridized carbons (Fsp3) is 0.158. The number of nitrogen functional groups attached to an aromatic ring is 1. The topological polar surface area (TPSA) is 136 Å². The van der Waals surface area contributed by atoms with E-state index in [9.17, 15) is 9.59 Å². The van der Waals surface area contributed by atoms with E-state index in [1.807, 2.05) is 6.92 Å². The van der Waals surface area contributed by atoms with Gasteiger partial charge in [-0.3, -0.25) is 19.6 Å². The number of benzene rings is 1. The van der Waals surface area contributed by atoms with Gasteiger partial charge in [0.15, 0.2) is 11.5 Å². The Morgan fingerprint density at radius 3 is 2.61 bits per heavy atom. The highest BCUT2D eigenvalue weighted by Crippen LogP contribution is 2.20. The molecule has 2 heterocycles. The first-order chi connectivity index (χ1) is 13.5. The number of nitrogens with zero attached hydrogens (tertiary/aromatic N) is 4. The number of hydrogen-bond acceptors (Lipinski definition) is 7. The van der Waals surface area contributed by atoms with E-state index in [1.165, 1.54) is 13.2 Å². The zero-order chi connectivity index (χ0) is 20.1. The van der Waals surface area contributed by atoms with Gasteiger partial charge in [0.25, 0.3) is 11.8 Å². The summed E-state index contributed by atoms with van der Waals surface area (Å²) in [7, 11) is 1.49. The molecule has 2 amide bonds. The third kappa shape index (κ3) is 4.26. The van der Waals surface area contributed by atoms with Gasteiger partial charge in [-0.1, -0.05) is 12.1 Å². The molecule has 0 saturated heterocycles. The summed E-state index contributed by atoms with van der Waals surface area (Å²) in [4.78, 5) is 41.0. The third-order valence-electron chi connectivity index (χ3n) is 3.93. The molecule has 0 bridgehead atoms. The van der Waals surface area contributed by atoms with E-state index in [-0.39, 0.29) is 24.0 Å². The van der Waals surface area contributed by atoms with Crippen LogP contribution in [0.2, 0.25) is 0 Å². The van der Waals surface area contributed by atoms with Crippen LogP contribution in [0.15, 0.2) is 42.9 Å². The van der Waals surface area contributed by atoms with Crippen LogP contribution in [-0.2, 0) is 6.54 Å². The first kappa shape index (κ1) is 18.9. The number of nitrogens with two attached hydrogens (primary N) is 1. The first-order valence-electron chi connectivity index (χ1n) is 8.48. The number of carbonyl (C=O) groups excluding carboxylic acids is 2. The van der Waals surface area contributed by atoms with Crippen LogP contribution in [0.1, 0.15) is 32.2 Å². The van der Waals surface area contributed by atoms with Gasteiger partial charge in [0.1, 0.15) is 0 Å². The van der Waals surface area contributed by atoms with Gasteiger partial charge in [0, 0.05) is 24.4 Å². The summed E-state index contributed by atoms with van der Waals surface area (Å²) in [5, 5.41) is 5.27. The van der Waals surface area contributed by atoms with Gasteiger partial charge in [0.2, 0.25) is 0 Å².